The highest BCUT2D eigenvalue weighted by atomic mass is 16.6. The SMILES string of the molecule is CC(C)(C)OC(=O)NCC(=O)N1CCN(Cc2cccnc2)CC1. The molecule has 2 amide bonds. The van der Waals surface area contributed by atoms with Gasteiger partial charge in [0, 0.05) is 45.1 Å². The summed E-state index contributed by atoms with van der Waals surface area (Å²) in [5.41, 5.74) is 0.606. The van der Waals surface area contributed by atoms with Gasteiger partial charge in [0.25, 0.3) is 0 Å². The molecule has 7 heteroatoms. The van der Waals surface area contributed by atoms with Gasteiger partial charge in [-0.1, -0.05) is 6.07 Å². The molecule has 1 aromatic rings. The lowest BCUT2D eigenvalue weighted by Gasteiger charge is -2.34. The van der Waals surface area contributed by atoms with Crippen LogP contribution in [-0.2, 0) is 16.1 Å². The first-order valence-corrected chi connectivity index (χ1v) is 8.19. The van der Waals surface area contributed by atoms with Crippen LogP contribution in [0, 0.1) is 0 Å². The van der Waals surface area contributed by atoms with Gasteiger partial charge in [-0.3, -0.25) is 14.7 Å². The summed E-state index contributed by atoms with van der Waals surface area (Å²) < 4.78 is 5.12. The quantitative estimate of drug-likeness (QED) is 0.897. The molecular formula is C17H26N4O3. The first-order chi connectivity index (χ1) is 11.3. The van der Waals surface area contributed by atoms with E-state index in [0.717, 1.165) is 19.6 Å². The van der Waals surface area contributed by atoms with Crippen molar-refractivity contribution in [2.75, 3.05) is 32.7 Å². The van der Waals surface area contributed by atoms with Crippen LogP contribution >= 0.6 is 0 Å². The van der Waals surface area contributed by atoms with Gasteiger partial charge < -0.3 is 15.0 Å². The molecule has 0 aromatic carbocycles. The summed E-state index contributed by atoms with van der Waals surface area (Å²) in [5.74, 6) is -0.0816. The van der Waals surface area contributed by atoms with Gasteiger partial charge >= 0.3 is 6.09 Å². The van der Waals surface area contributed by atoms with Crippen LogP contribution in [0.5, 0.6) is 0 Å². The molecule has 1 N–H and O–H groups in total. The van der Waals surface area contributed by atoms with Crippen LogP contribution in [0.3, 0.4) is 0 Å². The summed E-state index contributed by atoms with van der Waals surface area (Å²) in [6.45, 7) is 9.12. The fraction of sp³-hybridized carbons (Fsp3) is 0.588. The second kappa shape index (κ2) is 8.10. The molecule has 0 spiro atoms. The molecule has 24 heavy (non-hydrogen) atoms. The molecule has 1 aromatic heterocycles. The van der Waals surface area contributed by atoms with Crippen LogP contribution in [0.15, 0.2) is 24.5 Å². The molecule has 0 aliphatic carbocycles. The summed E-state index contributed by atoms with van der Waals surface area (Å²) in [4.78, 5) is 31.9. The minimum Gasteiger partial charge on any atom is -0.444 e. The Labute approximate surface area is 143 Å². The van der Waals surface area contributed by atoms with Crippen molar-refractivity contribution in [1.29, 1.82) is 0 Å². The lowest BCUT2D eigenvalue weighted by Crippen LogP contribution is -2.51. The zero-order valence-corrected chi connectivity index (χ0v) is 14.6. The molecule has 1 aliphatic rings. The first-order valence-electron chi connectivity index (χ1n) is 8.19. The lowest BCUT2D eigenvalue weighted by atomic mass is 10.2. The van der Waals surface area contributed by atoms with Crippen molar-refractivity contribution < 1.29 is 14.3 Å². The number of pyridine rings is 1. The number of nitrogens with one attached hydrogen (secondary N) is 1. The molecule has 0 unspecified atom stereocenters. The smallest absolute Gasteiger partial charge is 0.408 e. The average Bonchev–Trinajstić information content (AvgIpc) is 2.53. The second-order valence-electron chi connectivity index (χ2n) is 6.87. The molecule has 1 saturated heterocycles. The molecule has 2 rings (SSSR count). The summed E-state index contributed by atoms with van der Waals surface area (Å²) in [7, 11) is 0. The van der Waals surface area contributed by atoms with E-state index >= 15 is 0 Å². The van der Waals surface area contributed by atoms with Crippen LogP contribution < -0.4 is 5.32 Å². The van der Waals surface area contributed by atoms with Gasteiger partial charge in [-0.05, 0) is 32.4 Å². The molecule has 1 fully saturated rings. The van der Waals surface area contributed by atoms with Crippen molar-refractivity contribution in [2.24, 2.45) is 0 Å². The normalized spacial score (nSPS) is 15.9. The average molecular weight is 334 g/mol. The number of ether oxygens (including phenoxy) is 1. The molecular weight excluding hydrogens is 308 g/mol. The van der Waals surface area contributed by atoms with E-state index < -0.39 is 11.7 Å². The molecule has 2 heterocycles. The topological polar surface area (TPSA) is 74.8 Å². The van der Waals surface area contributed by atoms with Crippen molar-refractivity contribution in [3.63, 3.8) is 0 Å². The minimum atomic E-state index is -0.564. The van der Waals surface area contributed by atoms with Crippen molar-refractivity contribution in [1.82, 2.24) is 20.1 Å². The third kappa shape index (κ3) is 6.16. The monoisotopic (exact) mass is 334 g/mol. The van der Waals surface area contributed by atoms with E-state index in [1.54, 1.807) is 31.9 Å². The van der Waals surface area contributed by atoms with E-state index in [2.05, 4.69) is 21.3 Å². The number of nitrogens with zero attached hydrogens (tertiary/aromatic N) is 3. The number of aromatic nitrogens is 1. The van der Waals surface area contributed by atoms with E-state index in [0.29, 0.717) is 13.1 Å². The number of rotatable bonds is 4. The zero-order chi connectivity index (χ0) is 17.6. The maximum Gasteiger partial charge on any atom is 0.408 e. The van der Waals surface area contributed by atoms with E-state index in [4.69, 9.17) is 4.74 Å². The largest absolute Gasteiger partial charge is 0.444 e. The second-order valence-corrected chi connectivity index (χ2v) is 6.87. The van der Waals surface area contributed by atoms with Gasteiger partial charge in [-0.25, -0.2) is 4.79 Å². The molecule has 7 nitrogen and oxygen atoms in total. The van der Waals surface area contributed by atoms with Crippen LogP contribution in [0.1, 0.15) is 26.3 Å². The van der Waals surface area contributed by atoms with Gasteiger partial charge in [-0.2, -0.15) is 0 Å². The number of carbonyl (C=O) groups is 2. The standard InChI is InChI=1S/C17H26N4O3/c1-17(2,3)24-16(23)19-12-15(22)21-9-7-20(8-10-21)13-14-5-4-6-18-11-14/h4-6,11H,7-10,12-13H2,1-3H3,(H,19,23). The number of carbonyl (C=O) groups excluding carboxylic acids is 2. The highest BCUT2D eigenvalue weighted by Crippen LogP contribution is 2.08. The zero-order valence-electron chi connectivity index (χ0n) is 14.6. The number of amides is 2. The number of hydrogen-bond donors (Lipinski definition) is 1. The van der Waals surface area contributed by atoms with Gasteiger partial charge in [0.15, 0.2) is 0 Å². The predicted octanol–water partition coefficient (Wildman–Crippen LogP) is 1.25. The molecule has 0 saturated carbocycles. The van der Waals surface area contributed by atoms with Crippen LogP contribution in [0.25, 0.3) is 0 Å². The van der Waals surface area contributed by atoms with Gasteiger partial charge in [0.05, 0.1) is 0 Å². The van der Waals surface area contributed by atoms with E-state index in [1.807, 2.05) is 12.3 Å². The van der Waals surface area contributed by atoms with Crippen LogP contribution in [0.2, 0.25) is 0 Å². The molecule has 0 atom stereocenters. The fourth-order valence-electron chi connectivity index (χ4n) is 2.48. The molecule has 0 radical (unpaired) electrons. The Bertz CT molecular complexity index is 549. The summed E-state index contributed by atoms with van der Waals surface area (Å²) in [5, 5.41) is 2.51. The lowest BCUT2D eigenvalue weighted by molar-refractivity contribution is -0.132. The maximum absolute atomic E-state index is 12.2. The summed E-state index contributed by atoms with van der Waals surface area (Å²) in [6, 6.07) is 3.98. The minimum absolute atomic E-state index is 0.0302. The number of hydrogen-bond acceptors (Lipinski definition) is 5. The Morgan fingerprint density at radius 1 is 1.25 bits per heavy atom. The van der Waals surface area contributed by atoms with Crippen LogP contribution in [-0.4, -0.2) is 65.1 Å². The molecule has 0 bridgehead atoms. The third-order valence-corrected chi connectivity index (χ3v) is 3.64. The highest BCUT2D eigenvalue weighted by molar-refractivity contribution is 5.82. The number of alkyl carbamates (subject to hydrolysis) is 1. The van der Waals surface area contributed by atoms with Gasteiger partial charge in [0.1, 0.15) is 12.1 Å². The Hall–Kier alpha value is -2.15. The highest BCUT2D eigenvalue weighted by Gasteiger charge is 2.22. The Balaban J connectivity index is 1.70. The summed E-state index contributed by atoms with van der Waals surface area (Å²) >= 11 is 0. The molecule has 1 aliphatic heterocycles. The summed E-state index contributed by atoms with van der Waals surface area (Å²) in [6.07, 6.45) is 3.06. The van der Waals surface area contributed by atoms with Crippen molar-refractivity contribution in [3.8, 4) is 0 Å². The van der Waals surface area contributed by atoms with E-state index in [1.165, 1.54) is 5.56 Å². The Morgan fingerprint density at radius 3 is 2.54 bits per heavy atom. The van der Waals surface area contributed by atoms with Crippen molar-refractivity contribution in [3.05, 3.63) is 30.1 Å². The number of piperazine rings is 1. The van der Waals surface area contributed by atoms with Crippen molar-refractivity contribution >= 4 is 12.0 Å². The Kier molecular flexibility index (Phi) is 6.14. The fourth-order valence-corrected chi connectivity index (χ4v) is 2.48. The van der Waals surface area contributed by atoms with Gasteiger partial charge in [-0.15, -0.1) is 0 Å². The Morgan fingerprint density at radius 2 is 1.96 bits per heavy atom. The molecule has 132 valence electrons. The van der Waals surface area contributed by atoms with Gasteiger partial charge in [0.2, 0.25) is 5.91 Å². The maximum atomic E-state index is 12.2. The third-order valence-electron chi connectivity index (χ3n) is 3.64. The van der Waals surface area contributed by atoms with Crippen LogP contribution in [0.4, 0.5) is 4.79 Å². The first kappa shape index (κ1) is 18.2. The van der Waals surface area contributed by atoms with E-state index in [9.17, 15) is 9.59 Å². The van der Waals surface area contributed by atoms with E-state index in [-0.39, 0.29) is 12.5 Å². The predicted molar refractivity (Wildman–Crippen MR) is 90.3 cm³/mol. The van der Waals surface area contributed by atoms with Crippen molar-refractivity contribution in [2.45, 2.75) is 32.9 Å².